The van der Waals surface area contributed by atoms with Crippen LogP contribution in [0.5, 0.6) is 0 Å². The number of rotatable bonds is 5. The summed E-state index contributed by atoms with van der Waals surface area (Å²) >= 11 is 6.03. The highest BCUT2D eigenvalue weighted by atomic mass is 35.5. The fraction of sp³-hybridized carbons (Fsp3) is 0.148. The third kappa shape index (κ3) is 4.22. The summed E-state index contributed by atoms with van der Waals surface area (Å²) in [6, 6.07) is 25.1. The van der Waals surface area contributed by atoms with Crippen molar-refractivity contribution in [2.75, 3.05) is 9.21 Å². The number of anilines is 2. The molecule has 1 aromatic heterocycles. The Morgan fingerprint density at radius 2 is 1.63 bits per heavy atom. The van der Waals surface area contributed by atoms with E-state index < -0.39 is 16.1 Å². The van der Waals surface area contributed by atoms with Gasteiger partial charge >= 0.3 is 0 Å². The van der Waals surface area contributed by atoms with E-state index in [1.54, 1.807) is 41.3 Å². The molecule has 1 amide bonds. The Hall–Kier alpha value is -3.55. The van der Waals surface area contributed by atoms with E-state index in [4.69, 9.17) is 16.0 Å². The summed E-state index contributed by atoms with van der Waals surface area (Å²) < 4.78 is 34.9. The maximum absolute atomic E-state index is 14.0. The maximum atomic E-state index is 14.0. The van der Waals surface area contributed by atoms with Crippen LogP contribution in [0.2, 0.25) is 5.02 Å². The van der Waals surface area contributed by atoms with Crippen LogP contribution in [-0.2, 0) is 10.0 Å². The lowest BCUT2D eigenvalue weighted by Crippen LogP contribution is -2.47. The summed E-state index contributed by atoms with van der Waals surface area (Å²) in [4.78, 5) is 15.1. The third-order valence-electron chi connectivity index (χ3n) is 6.18. The molecule has 8 heteroatoms. The Labute approximate surface area is 209 Å². The van der Waals surface area contributed by atoms with Gasteiger partial charge in [-0.05, 0) is 73.5 Å². The molecule has 3 aromatic carbocycles. The van der Waals surface area contributed by atoms with Crippen LogP contribution in [-0.4, -0.2) is 20.4 Å². The molecule has 4 aromatic rings. The van der Waals surface area contributed by atoms with E-state index >= 15 is 0 Å². The Bertz CT molecular complexity index is 1440. The van der Waals surface area contributed by atoms with Crippen molar-refractivity contribution in [3.05, 3.63) is 114 Å². The highest BCUT2D eigenvalue weighted by Crippen LogP contribution is 2.44. The minimum absolute atomic E-state index is 0.143. The Kier molecular flexibility index (Phi) is 6.13. The van der Waals surface area contributed by atoms with Crippen molar-refractivity contribution in [1.29, 1.82) is 0 Å². The SMILES string of the molecule is C[C@@H]1C[C@H](N(c2ccccc2)S(=O)(=O)c2ccc(Cl)cc2)c2ccccc2N1C(=O)c1ccco1. The van der Waals surface area contributed by atoms with Crippen LogP contribution in [0, 0.1) is 0 Å². The average Bonchev–Trinajstić information content (AvgIpc) is 3.40. The van der Waals surface area contributed by atoms with Gasteiger partial charge in [0.2, 0.25) is 0 Å². The zero-order valence-electron chi connectivity index (χ0n) is 18.9. The van der Waals surface area contributed by atoms with Crippen molar-refractivity contribution < 1.29 is 17.6 Å². The van der Waals surface area contributed by atoms with Gasteiger partial charge in [-0.15, -0.1) is 0 Å². The first-order valence-electron chi connectivity index (χ1n) is 11.2. The molecule has 5 rings (SSSR count). The monoisotopic (exact) mass is 506 g/mol. The first-order chi connectivity index (χ1) is 16.9. The highest BCUT2D eigenvalue weighted by Gasteiger charge is 2.41. The molecular formula is C27H23ClN2O4S. The molecule has 0 bridgehead atoms. The van der Waals surface area contributed by atoms with E-state index in [-0.39, 0.29) is 22.6 Å². The molecule has 0 aliphatic carbocycles. The first-order valence-corrected chi connectivity index (χ1v) is 13.0. The van der Waals surface area contributed by atoms with E-state index in [2.05, 4.69) is 0 Å². The van der Waals surface area contributed by atoms with Crippen molar-refractivity contribution in [2.45, 2.75) is 30.3 Å². The summed E-state index contributed by atoms with van der Waals surface area (Å²) in [7, 11) is -3.96. The van der Waals surface area contributed by atoms with E-state index in [0.717, 1.165) is 5.56 Å². The van der Waals surface area contributed by atoms with Crippen molar-refractivity contribution in [3.63, 3.8) is 0 Å². The summed E-state index contributed by atoms with van der Waals surface area (Å²) in [5.41, 5.74) is 1.94. The second-order valence-electron chi connectivity index (χ2n) is 8.40. The van der Waals surface area contributed by atoms with Gasteiger partial charge in [0.25, 0.3) is 15.9 Å². The number of halogens is 1. The van der Waals surface area contributed by atoms with Gasteiger partial charge in [0, 0.05) is 16.8 Å². The third-order valence-corrected chi connectivity index (χ3v) is 8.28. The largest absolute Gasteiger partial charge is 0.459 e. The van der Waals surface area contributed by atoms with Gasteiger partial charge in [0.1, 0.15) is 0 Å². The molecule has 0 radical (unpaired) electrons. The minimum Gasteiger partial charge on any atom is -0.459 e. The summed E-state index contributed by atoms with van der Waals surface area (Å²) in [6.45, 7) is 1.92. The average molecular weight is 507 g/mol. The molecule has 1 aliphatic heterocycles. The van der Waals surface area contributed by atoms with Gasteiger partial charge in [0.05, 0.1) is 22.9 Å². The summed E-state index contributed by atoms with van der Waals surface area (Å²) in [5, 5.41) is 0.457. The number of fused-ring (bicyclic) bond motifs is 1. The molecule has 35 heavy (non-hydrogen) atoms. The number of nitrogens with zero attached hydrogens (tertiary/aromatic N) is 2. The Morgan fingerprint density at radius 3 is 2.31 bits per heavy atom. The summed E-state index contributed by atoms with van der Waals surface area (Å²) in [6.07, 6.45) is 1.86. The normalized spacial score (nSPS) is 17.6. The first kappa shape index (κ1) is 23.2. The number of carbonyl (C=O) groups excluding carboxylic acids is 1. The van der Waals surface area contributed by atoms with Crippen LogP contribution < -0.4 is 9.21 Å². The van der Waals surface area contributed by atoms with E-state index in [0.29, 0.717) is 22.8 Å². The van der Waals surface area contributed by atoms with E-state index in [9.17, 15) is 13.2 Å². The molecule has 0 fully saturated rings. The molecular weight excluding hydrogens is 484 g/mol. The minimum atomic E-state index is -3.96. The van der Waals surface area contributed by atoms with Crippen LogP contribution in [0.1, 0.15) is 35.5 Å². The maximum Gasteiger partial charge on any atom is 0.294 e. The zero-order valence-corrected chi connectivity index (χ0v) is 20.5. The molecule has 2 heterocycles. The predicted octanol–water partition coefficient (Wildman–Crippen LogP) is 6.31. The number of furan rings is 1. The van der Waals surface area contributed by atoms with Crippen LogP contribution in [0.4, 0.5) is 11.4 Å². The van der Waals surface area contributed by atoms with Crippen LogP contribution in [0.15, 0.2) is 107 Å². The molecule has 2 atom stereocenters. The second kappa shape index (κ2) is 9.24. The number of sulfonamides is 1. The van der Waals surface area contributed by atoms with Crippen LogP contribution in [0.3, 0.4) is 0 Å². The van der Waals surface area contributed by atoms with E-state index in [1.165, 1.54) is 22.7 Å². The number of hydrogen-bond donors (Lipinski definition) is 0. The smallest absolute Gasteiger partial charge is 0.294 e. The van der Waals surface area contributed by atoms with Gasteiger partial charge in [-0.1, -0.05) is 48.0 Å². The lowest BCUT2D eigenvalue weighted by atomic mass is 9.91. The topological polar surface area (TPSA) is 70.8 Å². The molecule has 178 valence electrons. The highest BCUT2D eigenvalue weighted by molar-refractivity contribution is 7.92. The molecule has 0 N–H and O–H groups in total. The van der Waals surface area contributed by atoms with Crippen LogP contribution >= 0.6 is 11.6 Å². The number of carbonyl (C=O) groups is 1. The molecule has 1 aliphatic rings. The van der Waals surface area contributed by atoms with Gasteiger partial charge in [-0.3, -0.25) is 9.10 Å². The standard InChI is InChI=1S/C27H23ClN2O4S/c1-19-18-25(23-10-5-6-11-24(23)29(19)27(31)26-12-7-17-34-26)30(21-8-3-2-4-9-21)35(32,33)22-15-13-20(28)14-16-22/h2-17,19,25H,18H2,1H3/t19-,25+/m1/s1. The number of para-hydroxylation sites is 2. The molecule has 0 spiro atoms. The summed E-state index contributed by atoms with van der Waals surface area (Å²) in [5.74, 6) is -0.0287. The Morgan fingerprint density at radius 1 is 0.943 bits per heavy atom. The number of benzene rings is 3. The van der Waals surface area contributed by atoms with Crippen molar-refractivity contribution in [2.24, 2.45) is 0 Å². The molecule has 0 saturated carbocycles. The van der Waals surface area contributed by atoms with Crippen molar-refractivity contribution in [1.82, 2.24) is 0 Å². The van der Waals surface area contributed by atoms with Crippen molar-refractivity contribution >= 4 is 38.9 Å². The number of hydrogen-bond acceptors (Lipinski definition) is 4. The van der Waals surface area contributed by atoms with Gasteiger partial charge in [-0.2, -0.15) is 0 Å². The van der Waals surface area contributed by atoms with Gasteiger partial charge in [-0.25, -0.2) is 8.42 Å². The van der Waals surface area contributed by atoms with Gasteiger partial charge in [0.15, 0.2) is 5.76 Å². The van der Waals surface area contributed by atoms with Gasteiger partial charge < -0.3 is 9.32 Å². The van der Waals surface area contributed by atoms with Crippen molar-refractivity contribution in [3.8, 4) is 0 Å². The number of amides is 1. The Balaban J connectivity index is 1.66. The molecule has 6 nitrogen and oxygen atoms in total. The fourth-order valence-electron chi connectivity index (χ4n) is 4.61. The second-order valence-corrected chi connectivity index (χ2v) is 10.7. The lowest BCUT2D eigenvalue weighted by Gasteiger charge is -2.43. The van der Waals surface area contributed by atoms with Crippen LogP contribution in [0.25, 0.3) is 0 Å². The fourth-order valence-corrected chi connectivity index (χ4v) is 6.38. The predicted molar refractivity (Wildman–Crippen MR) is 136 cm³/mol. The lowest BCUT2D eigenvalue weighted by molar-refractivity contribution is 0.0947. The van der Waals surface area contributed by atoms with E-state index in [1.807, 2.05) is 49.4 Å². The molecule has 0 saturated heterocycles. The molecule has 0 unspecified atom stereocenters. The quantitative estimate of drug-likeness (QED) is 0.318. The zero-order chi connectivity index (χ0) is 24.6.